The third-order valence-electron chi connectivity index (χ3n) is 2.42. The standard InChI is InChI=1S/C11H16N2O4/c1-12(6-7-16-2)10-5-4-9(17-3)8-11(10)13(14)15/h4-5,8H,6-7H2,1-3H3. The maximum absolute atomic E-state index is 11.0. The fourth-order valence-corrected chi connectivity index (χ4v) is 1.45. The van der Waals surface area contributed by atoms with Crippen molar-refractivity contribution in [3.8, 4) is 5.75 Å². The van der Waals surface area contributed by atoms with Gasteiger partial charge in [-0.3, -0.25) is 10.1 Å². The molecular formula is C11H16N2O4. The van der Waals surface area contributed by atoms with E-state index in [0.717, 1.165) is 0 Å². The van der Waals surface area contributed by atoms with Crippen LogP contribution in [0.25, 0.3) is 0 Å². The second kappa shape index (κ2) is 6.05. The number of ether oxygens (including phenoxy) is 2. The number of nitro benzene ring substituents is 1. The lowest BCUT2D eigenvalue weighted by Gasteiger charge is -2.18. The third kappa shape index (κ3) is 3.32. The summed E-state index contributed by atoms with van der Waals surface area (Å²) < 4.78 is 9.92. The van der Waals surface area contributed by atoms with Gasteiger partial charge in [0.25, 0.3) is 5.69 Å². The number of hydrogen-bond acceptors (Lipinski definition) is 5. The van der Waals surface area contributed by atoms with Crippen molar-refractivity contribution in [1.82, 2.24) is 0 Å². The van der Waals surface area contributed by atoms with Gasteiger partial charge in [-0.2, -0.15) is 0 Å². The Hall–Kier alpha value is -1.82. The summed E-state index contributed by atoms with van der Waals surface area (Å²) >= 11 is 0. The third-order valence-corrected chi connectivity index (χ3v) is 2.42. The van der Waals surface area contributed by atoms with Crippen molar-refractivity contribution >= 4 is 11.4 Å². The molecule has 0 aliphatic carbocycles. The molecule has 0 radical (unpaired) electrons. The molecule has 0 aliphatic rings. The predicted molar refractivity (Wildman–Crippen MR) is 64.8 cm³/mol. The van der Waals surface area contributed by atoms with E-state index in [4.69, 9.17) is 9.47 Å². The molecule has 6 nitrogen and oxygen atoms in total. The molecule has 1 rings (SSSR count). The van der Waals surface area contributed by atoms with E-state index in [1.807, 2.05) is 0 Å². The highest BCUT2D eigenvalue weighted by Gasteiger charge is 2.17. The van der Waals surface area contributed by atoms with Gasteiger partial charge in [-0.05, 0) is 12.1 Å². The van der Waals surface area contributed by atoms with Gasteiger partial charge in [0, 0.05) is 20.7 Å². The summed E-state index contributed by atoms with van der Waals surface area (Å²) in [5, 5.41) is 11.0. The molecule has 0 saturated carbocycles. The van der Waals surface area contributed by atoms with Crippen LogP contribution in [0.15, 0.2) is 18.2 Å². The predicted octanol–water partition coefficient (Wildman–Crippen LogP) is 1.69. The minimum Gasteiger partial charge on any atom is -0.496 e. The molecule has 6 heteroatoms. The molecule has 0 aromatic heterocycles. The summed E-state index contributed by atoms with van der Waals surface area (Å²) in [6.07, 6.45) is 0. The Labute approximate surface area is 99.9 Å². The number of likely N-dealkylation sites (N-methyl/N-ethyl adjacent to an activating group) is 1. The largest absolute Gasteiger partial charge is 0.496 e. The number of nitro groups is 1. The minimum absolute atomic E-state index is 0.0305. The van der Waals surface area contributed by atoms with Crippen molar-refractivity contribution in [3.05, 3.63) is 28.3 Å². The first-order valence-electron chi connectivity index (χ1n) is 5.12. The fourth-order valence-electron chi connectivity index (χ4n) is 1.45. The normalized spacial score (nSPS) is 10.1. The molecular weight excluding hydrogens is 224 g/mol. The van der Waals surface area contributed by atoms with E-state index in [-0.39, 0.29) is 5.69 Å². The number of methoxy groups -OCH3 is 2. The lowest BCUT2D eigenvalue weighted by atomic mass is 10.2. The molecule has 0 heterocycles. The van der Waals surface area contributed by atoms with Crippen LogP contribution >= 0.6 is 0 Å². The summed E-state index contributed by atoms with van der Waals surface area (Å²) in [4.78, 5) is 12.3. The van der Waals surface area contributed by atoms with Crippen LogP contribution in [0, 0.1) is 10.1 Å². The Balaban J connectivity index is 3.01. The van der Waals surface area contributed by atoms with Crippen molar-refractivity contribution in [2.24, 2.45) is 0 Å². The Morgan fingerprint density at radius 1 is 1.41 bits per heavy atom. The number of benzene rings is 1. The van der Waals surface area contributed by atoms with Crippen LogP contribution in [0.5, 0.6) is 5.75 Å². The molecule has 0 saturated heterocycles. The van der Waals surface area contributed by atoms with Crippen LogP contribution in [-0.4, -0.2) is 39.3 Å². The van der Waals surface area contributed by atoms with Gasteiger partial charge in [0.05, 0.1) is 24.7 Å². The number of nitrogens with zero attached hydrogens (tertiary/aromatic N) is 2. The van der Waals surface area contributed by atoms with Crippen molar-refractivity contribution in [2.45, 2.75) is 0 Å². The zero-order valence-electron chi connectivity index (χ0n) is 10.2. The summed E-state index contributed by atoms with van der Waals surface area (Å²) in [5.41, 5.74) is 0.579. The average Bonchev–Trinajstić information content (AvgIpc) is 2.35. The van der Waals surface area contributed by atoms with Crippen LogP contribution in [0.2, 0.25) is 0 Å². The van der Waals surface area contributed by atoms with Gasteiger partial charge in [0.1, 0.15) is 11.4 Å². The monoisotopic (exact) mass is 240 g/mol. The highest BCUT2D eigenvalue weighted by atomic mass is 16.6. The number of hydrogen-bond donors (Lipinski definition) is 0. The van der Waals surface area contributed by atoms with Crippen molar-refractivity contribution in [3.63, 3.8) is 0 Å². The van der Waals surface area contributed by atoms with Crippen LogP contribution in [-0.2, 0) is 4.74 Å². The second-order valence-corrected chi connectivity index (χ2v) is 3.53. The smallest absolute Gasteiger partial charge is 0.296 e. The minimum atomic E-state index is -0.416. The molecule has 1 aromatic carbocycles. The van der Waals surface area contributed by atoms with E-state index in [2.05, 4.69) is 0 Å². The van der Waals surface area contributed by atoms with E-state index in [1.54, 1.807) is 31.2 Å². The van der Waals surface area contributed by atoms with E-state index in [0.29, 0.717) is 24.6 Å². The van der Waals surface area contributed by atoms with E-state index in [9.17, 15) is 10.1 Å². The quantitative estimate of drug-likeness (QED) is 0.559. The maximum Gasteiger partial charge on any atom is 0.296 e. The molecule has 0 spiro atoms. The fraction of sp³-hybridized carbons (Fsp3) is 0.455. The number of rotatable bonds is 6. The molecule has 0 aliphatic heterocycles. The van der Waals surface area contributed by atoms with Crippen molar-refractivity contribution in [2.75, 3.05) is 39.3 Å². The second-order valence-electron chi connectivity index (χ2n) is 3.53. The van der Waals surface area contributed by atoms with Crippen LogP contribution in [0.1, 0.15) is 0 Å². The van der Waals surface area contributed by atoms with Crippen LogP contribution < -0.4 is 9.64 Å². The average molecular weight is 240 g/mol. The van der Waals surface area contributed by atoms with Gasteiger partial charge in [-0.15, -0.1) is 0 Å². The first kappa shape index (κ1) is 13.2. The lowest BCUT2D eigenvalue weighted by Crippen LogP contribution is -2.22. The maximum atomic E-state index is 11.0. The van der Waals surface area contributed by atoms with E-state index >= 15 is 0 Å². The topological polar surface area (TPSA) is 64.8 Å². The highest BCUT2D eigenvalue weighted by Crippen LogP contribution is 2.31. The Bertz CT molecular complexity index is 395. The molecule has 17 heavy (non-hydrogen) atoms. The molecule has 94 valence electrons. The van der Waals surface area contributed by atoms with Gasteiger partial charge < -0.3 is 14.4 Å². The molecule has 0 unspecified atom stereocenters. The van der Waals surface area contributed by atoms with Crippen LogP contribution in [0.4, 0.5) is 11.4 Å². The van der Waals surface area contributed by atoms with Gasteiger partial charge in [-0.1, -0.05) is 0 Å². The van der Waals surface area contributed by atoms with Crippen molar-refractivity contribution < 1.29 is 14.4 Å². The summed E-state index contributed by atoms with van der Waals surface area (Å²) in [6, 6.07) is 4.79. The first-order valence-corrected chi connectivity index (χ1v) is 5.12. The SMILES string of the molecule is COCCN(C)c1ccc(OC)cc1[N+](=O)[O-]. The van der Waals surface area contributed by atoms with Crippen molar-refractivity contribution in [1.29, 1.82) is 0 Å². The number of anilines is 1. The van der Waals surface area contributed by atoms with Gasteiger partial charge in [0.15, 0.2) is 0 Å². The van der Waals surface area contributed by atoms with Gasteiger partial charge >= 0.3 is 0 Å². The highest BCUT2D eigenvalue weighted by molar-refractivity contribution is 5.65. The first-order chi connectivity index (χ1) is 8.10. The molecule has 0 atom stereocenters. The van der Waals surface area contributed by atoms with Gasteiger partial charge in [-0.25, -0.2) is 0 Å². The van der Waals surface area contributed by atoms with Crippen LogP contribution in [0.3, 0.4) is 0 Å². The Kier molecular flexibility index (Phi) is 4.71. The summed E-state index contributed by atoms with van der Waals surface area (Å²) in [6.45, 7) is 1.10. The van der Waals surface area contributed by atoms with E-state index < -0.39 is 4.92 Å². The summed E-state index contributed by atoms with van der Waals surface area (Å²) in [7, 11) is 4.86. The molecule has 0 amide bonds. The summed E-state index contributed by atoms with van der Waals surface area (Å²) in [5.74, 6) is 0.473. The van der Waals surface area contributed by atoms with E-state index in [1.165, 1.54) is 13.2 Å². The molecule has 0 N–H and O–H groups in total. The van der Waals surface area contributed by atoms with Gasteiger partial charge in [0.2, 0.25) is 0 Å². The molecule has 0 fully saturated rings. The zero-order valence-corrected chi connectivity index (χ0v) is 10.2. The Morgan fingerprint density at radius 2 is 2.12 bits per heavy atom. The molecule has 0 bridgehead atoms. The zero-order chi connectivity index (χ0) is 12.8. The molecule has 1 aromatic rings. The Morgan fingerprint density at radius 3 is 2.65 bits per heavy atom. The lowest BCUT2D eigenvalue weighted by molar-refractivity contribution is -0.384.